The molecule has 1 saturated carbocycles. The van der Waals surface area contributed by atoms with E-state index < -0.39 is 0 Å². The Morgan fingerprint density at radius 1 is 1.18 bits per heavy atom. The standard InChI is InChI=1S/C21H27N3O4/c1-2-27-17-7-9-18(10-8-17)28-14-20(25)22-11-12-24-15-23-19(13-21(24)26)16-5-3-4-6-16/h7-10,13,15-16H,2-6,11-12,14H2,1H3,(H,22,25). The Hall–Kier alpha value is -2.83. The van der Waals surface area contributed by atoms with Crippen LogP contribution in [-0.2, 0) is 11.3 Å². The largest absolute Gasteiger partial charge is 0.494 e. The van der Waals surface area contributed by atoms with Crippen LogP contribution in [0.25, 0.3) is 0 Å². The molecule has 7 nitrogen and oxygen atoms in total. The highest BCUT2D eigenvalue weighted by atomic mass is 16.5. The van der Waals surface area contributed by atoms with Gasteiger partial charge in [0.1, 0.15) is 11.5 Å². The lowest BCUT2D eigenvalue weighted by molar-refractivity contribution is -0.123. The Labute approximate surface area is 164 Å². The maximum Gasteiger partial charge on any atom is 0.258 e. The van der Waals surface area contributed by atoms with Crippen LogP contribution in [0.4, 0.5) is 0 Å². The number of hydrogen-bond acceptors (Lipinski definition) is 5. The third kappa shape index (κ3) is 5.58. The van der Waals surface area contributed by atoms with Gasteiger partial charge in [0.05, 0.1) is 18.6 Å². The van der Waals surface area contributed by atoms with Crippen LogP contribution in [0, 0.1) is 0 Å². The minimum Gasteiger partial charge on any atom is -0.494 e. The number of carbonyl (C=O) groups is 1. The van der Waals surface area contributed by atoms with Crippen molar-refractivity contribution >= 4 is 5.91 Å². The van der Waals surface area contributed by atoms with Crippen molar-refractivity contribution in [1.29, 1.82) is 0 Å². The maximum absolute atomic E-state index is 12.2. The van der Waals surface area contributed by atoms with Gasteiger partial charge in [-0.1, -0.05) is 12.8 Å². The number of rotatable bonds is 9. The summed E-state index contributed by atoms with van der Waals surface area (Å²) >= 11 is 0. The fourth-order valence-corrected chi connectivity index (χ4v) is 3.37. The summed E-state index contributed by atoms with van der Waals surface area (Å²) in [5.41, 5.74) is 0.823. The van der Waals surface area contributed by atoms with Crippen LogP contribution in [0.5, 0.6) is 11.5 Å². The van der Waals surface area contributed by atoms with E-state index in [1.54, 1.807) is 36.7 Å². The zero-order chi connectivity index (χ0) is 19.8. The average Bonchev–Trinajstić information content (AvgIpc) is 3.24. The molecule has 0 unspecified atom stereocenters. The number of hydrogen-bond donors (Lipinski definition) is 1. The maximum atomic E-state index is 12.2. The topological polar surface area (TPSA) is 82.4 Å². The molecule has 1 amide bonds. The molecule has 0 saturated heterocycles. The number of carbonyl (C=O) groups excluding carboxylic acids is 1. The lowest BCUT2D eigenvalue weighted by Gasteiger charge is -2.11. The molecule has 0 bridgehead atoms. The van der Waals surface area contributed by atoms with Gasteiger partial charge in [-0.2, -0.15) is 0 Å². The smallest absolute Gasteiger partial charge is 0.258 e. The van der Waals surface area contributed by atoms with Crippen molar-refractivity contribution in [2.24, 2.45) is 0 Å². The second-order valence-electron chi connectivity index (χ2n) is 6.87. The molecule has 28 heavy (non-hydrogen) atoms. The average molecular weight is 385 g/mol. The van der Waals surface area contributed by atoms with Crippen molar-refractivity contribution in [3.8, 4) is 11.5 Å². The third-order valence-corrected chi connectivity index (χ3v) is 4.85. The minimum atomic E-state index is -0.238. The molecule has 3 rings (SSSR count). The minimum absolute atomic E-state index is 0.0724. The molecule has 0 radical (unpaired) electrons. The van der Waals surface area contributed by atoms with E-state index >= 15 is 0 Å². The zero-order valence-electron chi connectivity index (χ0n) is 16.2. The number of ether oxygens (including phenoxy) is 2. The van der Waals surface area contributed by atoms with Crippen molar-refractivity contribution in [2.75, 3.05) is 19.8 Å². The second kappa shape index (κ2) is 9.92. The van der Waals surface area contributed by atoms with Crippen molar-refractivity contribution < 1.29 is 14.3 Å². The summed E-state index contributed by atoms with van der Waals surface area (Å²) in [5.74, 6) is 1.54. The van der Waals surface area contributed by atoms with Gasteiger partial charge < -0.3 is 14.8 Å². The number of aromatic nitrogens is 2. The van der Waals surface area contributed by atoms with Gasteiger partial charge in [-0.05, 0) is 44.0 Å². The van der Waals surface area contributed by atoms with Gasteiger partial charge in [0.2, 0.25) is 0 Å². The van der Waals surface area contributed by atoms with Crippen LogP contribution in [0.2, 0.25) is 0 Å². The molecule has 1 aromatic heterocycles. The molecular formula is C21H27N3O4. The fourth-order valence-electron chi connectivity index (χ4n) is 3.37. The highest BCUT2D eigenvalue weighted by molar-refractivity contribution is 5.77. The van der Waals surface area contributed by atoms with Gasteiger partial charge in [0.25, 0.3) is 11.5 Å². The molecule has 1 aliphatic carbocycles. The number of benzene rings is 1. The van der Waals surface area contributed by atoms with E-state index in [9.17, 15) is 9.59 Å². The Bertz CT molecular complexity index is 826. The van der Waals surface area contributed by atoms with E-state index in [0.717, 1.165) is 24.3 Å². The Kier molecular flexibility index (Phi) is 7.06. The van der Waals surface area contributed by atoms with Gasteiger partial charge in [-0.15, -0.1) is 0 Å². The van der Waals surface area contributed by atoms with Gasteiger partial charge in [0, 0.05) is 25.1 Å². The van der Waals surface area contributed by atoms with E-state index in [4.69, 9.17) is 9.47 Å². The van der Waals surface area contributed by atoms with Crippen LogP contribution in [-0.4, -0.2) is 35.2 Å². The quantitative estimate of drug-likeness (QED) is 0.717. The first-order valence-electron chi connectivity index (χ1n) is 9.84. The highest BCUT2D eigenvalue weighted by Gasteiger charge is 2.18. The van der Waals surface area contributed by atoms with Crippen molar-refractivity contribution in [3.05, 3.63) is 52.7 Å². The van der Waals surface area contributed by atoms with E-state index in [1.165, 1.54) is 17.4 Å². The molecule has 2 aromatic rings. The van der Waals surface area contributed by atoms with Gasteiger partial charge in [-0.3, -0.25) is 14.2 Å². The van der Waals surface area contributed by atoms with Gasteiger partial charge >= 0.3 is 0 Å². The summed E-state index contributed by atoms with van der Waals surface area (Å²) in [4.78, 5) is 28.6. The lowest BCUT2D eigenvalue weighted by atomic mass is 10.0. The summed E-state index contributed by atoms with van der Waals surface area (Å²) in [5, 5.41) is 2.75. The molecule has 150 valence electrons. The third-order valence-electron chi connectivity index (χ3n) is 4.85. The monoisotopic (exact) mass is 385 g/mol. The summed E-state index contributed by atoms with van der Waals surface area (Å²) < 4.78 is 12.3. The van der Waals surface area contributed by atoms with Gasteiger partial charge in [0.15, 0.2) is 6.61 Å². The first-order chi connectivity index (χ1) is 13.7. The predicted octanol–water partition coefficient (Wildman–Crippen LogP) is 2.49. The number of amides is 1. The Balaban J connectivity index is 1.40. The number of nitrogens with zero attached hydrogens (tertiary/aromatic N) is 2. The van der Waals surface area contributed by atoms with Gasteiger partial charge in [-0.25, -0.2) is 4.98 Å². The van der Waals surface area contributed by atoms with E-state index in [1.807, 2.05) is 6.92 Å². The molecule has 0 spiro atoms. The molecule has 0 atom stereocenters. The molecule has 1 fully saturated rings. The Morgan fingerprint density at radius 3 is 2.50 bits per heavy atom. The lowest BCUT2D eigenvalue weighted by Crippen LogP contribution is -2.33. The van der Waals surface area contributed by atoms with Crippen LogP contribution in [0.1, 0.15) is 44.2 Å². The van der Waals surface area contributed by atoms with Crippen LogP contribution in [0.15, 0.2) is 41.5 Å². The van der Waals surface area contributed by atoms with E-state index in [-0.39, 0.29) is 18.1 Å². The first-order valence-corrected chi connectivity index (χ1v) is 9.84. The summed E-state index contributed by atoms with van der Waals surface area (Å²) in [6.45, 7) is 3.16. The SMILES string of the molecule is CCOc1ccc(OCC(=O)NCCn2cnc(C3CCCC3)cc2=O)cc1. The second-order valence-corrected chi connectivity index (χ2v) is 6.87. The predicted molar refractivity (Wildman–Crippen MR) is 106 cm³/mol. The van der Waals surface area contributed by atoms with Crippen LogP contribution >= 0.6 is 0 Å². The fraction of sp³-hybridized carbons (Fsp3) is 0.476. The van der Waals surface area contributed by atoms with Crippen molar-refractivity contribution in [1.82, 2.24) is 14.9 Å². The van der Waals surface area contributed by atoms with Crippen LogP contribution < -0.4 is 20.3 Å². The van der Waals surface area contributed by atoms with Crippen molar-refractivity contribution in [3.63, 3.8) is 0 Å². The molecule has 7 heteroatoms. The van der Waals surface area contributed by atoms with Crippen molar-refractivity contribution in [2.45, 2.75) is 45.1 Å². The highest BCUT2D eigenvalue weighted by Crippen LogP contribution is 2.32. The summed E-state index contributed by atoms with van der Waals surface area (Å²) in [6, 6.07) is 8.74. The van der Waals surface area contributed by atoms with E-state index in [0.29, 0.717) is 31.4 Å². The zero-order valence-corrected chi connectivity index (χ0v) is 16.2. The molecular weight excluding hydrogens is 358 g/mol. The Morgan fingerprint density at radius 2 is 1.86 bits per heavy atom. The normalized spacial score (nSPS) is 14.0. The number of nitrogens with one attached hydrogen (secondary N) is 1. The molecule has 1 heterocycles. The molecule has 1 aliphatic rings. The molecule has 1 aromatic carbocycles. The molecule has 1 N–H and O–H groups in total. The molecule has 0 aliphatic heterocycles. The van der Waals surface area contributed by atoms with E-state index in [2.05, 4.69) is 10.3 Å². The van der Waals surface area contributed by atoms with Crippen LogP contribution in [0.3, 0.4) is 0 Å². The summed E-state index contributed by atoms with van der Waals surface area (Å²) in [6.07, 6.45) is 6.22. The first kappa shape index (κ1) is 19.9. The summed E-state index contributed by atoms with van der Waals surface area (Å²) in [7, 11) is 0.